The highest BCUT2D eigenvalue weighted by atomic mass is 35.5. The van der Waals surface area contributed by atoms with Crippen LogP contribution in [0.15, 0.2) is 52.6 Å². The van der Waals surface area contributed by atoms with E-state index in [0.717, 1.165) is 24.8 Å². The Labute approximate surface area is 152 Å². The van der Waals surface area contributed by atoms with E-state index < -0.39 is 10.0 Å². The van der Waals surface area contributed by atoms with Crippen LogP contribution < -0.4 is 5.43 Å². The lowest BCUT2D eigenvalue weighted by molar-refractivity contribution is 0.346. The van der Waals surface area contributed by atoms with Crippen molar-refractivity contribution in [1.82, 2.24) is 9.29 Å². The maximum absolute atomic E-state index is 12.6. The molecule has 0 unspecified atom stereocenters. The molecule has 8 heteroatoms. The van der Waals surface area contributed by atoms with Crippen LogP contribution >= 0.6 is 11.6 Å². The van der Waals surface area contributed by atoms with Gasteiger partial charge in [0.1, 0.15) is 10.7 Å². The fourth-order valence-electron chi connectivity index (χ4n) is 2.61. The van der Waals surface area contributed by atoms with Crippen molar-refractivity contribution in [2.45, 2.75) is 24.2 Å². The Kier molecular flexibility index (Phi) is 5.67. The summed E-state index contributed by atoms with van der Waals surface area (Å²) >= 11 is 5.91. The normalized spacial score (nSPS) is 16.2. The molecule has 0 amide bonds. The van der Waals surface area contributed by atoms with E-state index in [1.54, 1.807) is 30.5 Å². The third-order valence-electron chi connectivity index (χ3n) is 3.93. The van der Waals surface area contributed by atoms with Crippen LogP contribution in [-0.4, -0.2) is 37.0 Å². The van der Waals surface area contributed by atoms with Gasteiger partial charge in [-0.25, -0.2) is 13.4 Å². The number of halogens is 1. The van der Waals surface area contributed by atoms with Gasteiger partial charge in [0.2, 0.25) is 10.0 Å². The van der Waals surface area contributed by atoms with Crippen molar-refractivity contribution in [2.24, 2.45) is 5.10 Å². The fraction of sp³-hybridized carbons (Fsp3) is 0.294. The lowest BCUT2D eigenvalue weighted by Crippen LogP contribution is -2.35. The molecule has 1 aliphatic rings. The number of anilines is 1. The van der Waals surface area contributed by atoms with Gasteiger partial charge in [-0.1, -0.05) is 30.2 Å². The smallest absolute Gasteiger partial charge is 0.244 e. The van der Waals surface area contributed by atoms with Gasteiger partial charge in [0.15, 0.2) is 0 Å². The van der Waals surface area contributed by atoms with Crippen molar-refractivity contribution < 1.29 is 8.42 Å². The second-order valence-corrected chi connectivity index (χ2v) is 8.14. The Morgan fingerprint density at radius 2 is 1.96 bits per heavy atom. The zero-order valence-electron chi connectivity index (χ0n) is 13.6. The lowest BCUT2D eigenvalue weighted by Gasteiger charge is -2.25. The number of aromatic nitrogens is 1. The molecule has 0 aliphatic carbocycles. The first-order valence-corrected chi connectivity index (χ1v) is 9.88. The average Bonchev–Trinajstić information content (AvgIpc) is 2.63. The number of hydrogen-bond donors (Lipinski definition) is 1. The van der Waals surface area contributed by atoms with Gasteiger partial charge < -0.3 is 0 Å². The van der Waals surface area contributed by atoms with Gasteiger partial charge in [-0.3, -0.25) is 5.43 Å². The van der Waals surface area contributed by atoms with E-state index in [0.29, 0.717) is 23.9 Å². The van der Waals surface area contributed by atoms with E-state index in [-0.39, 0.29) is 4.90 Å². The highest BCUT2D eigenvalue weighted by Gasteiger charge is 2.25. The van der Waals surface area contributed by atoms with Crippen LogP contribution in [0.3, 0.4) is 0 Å². The van der Waals surface area contributed by atoms with Crippen molar-refractivity contribution in [2.75, 3.05) is 18.5 Å². The Bertz CT molecular complexity index is 847. The first kappa shape index (κ1) is 17.8. The zero-order chi connectivity index (χ0) is 17.7. The first-order valence-electron chi connectivity index (χ1n) is 8.06. The molecule has 1 fully saturated rings. The summed E-state index contributed by atoms with van der Waals surface area (Å²) in [4.78, 5) is 4.34. The number of nitrogens with one attached hydrogen (secondary N) is 1. The van der Waals surface area contributed by atoms with Crippen molar-refractivity contribution in [3.8, 4) is 0 Å². The van der Waals surface area contributed by atoms with Gasteiger partial charge in [-0.2, -0.15) is 9.41 Å². The summed E-state index contributed by atoms with van der Waals surface area (Å²) < 4.78 is 26.6. The van der Waals surface area contributed by atoms with E-state index in [2.05, 4.69) is 15.5 Å². The summed E-state index contributed by atoms with van der Waals surface area (Å²) in [7, 11) is -3.46. The van der Waals surface area contributed by atoms with Gasteiger partial charge in [0, 0.05) is 24.3 Å². The Balaban J connectivity index is 1.65. The van der Waals surface area contributed by atoms with Crippen LogP contribution in [0.5, 0.6) is 0 Å². The second kappa shape index (κ2) is 7.95. The van der Waals surface area contributed by atoms with Crippen LogP contribution in [0.4, 0.5) is 5.82 Å². The van der Waals surface area contributed by atoms with Gasteiger partial charge in [-0.15, -0.1) is 0 Å². The second-order valence-electron chi connectivity index (χ2n) is 5.77. The summed E-state index contributed by atoms with van der Waals surface area (Å²) in [5.74, 6) is 0.468. The van der Waals surface area contributed by atoms with Crippen LogP contribution in [-0.2, 0) is 10.0 Å². The lowest BCUT2D eigenvalue weighted by atomic mass is 10.2. The minimum absolute atomic E-state index is 0.207. The molecule has 1 aromatic carbocycles. The molecule has 0 atom stereocenters. The van der Waals surface area contributed by atoms with Crippen molar-refractivity contribution >= 4 is 33.7 Å². The minimum atomic E-state index is -3.46. The third-order valence-corrected chi connectivity index (χ3v) is 6.05. The molecule has 0 bridgehead atoms. The molecule has 0 radical (unpaired) electrons. The largest absolute Gasteiger partial charge is 0.261 e. The highest BCUT2D eigenvalue weighted by molar-refractivity contribution is 7.89. The summed E-state index contributed by atoms with van der Waals surface area (Å²) in [5, 5.41) is 4.71. The summed E-state index contributed by atoms with van der Waals surface area (Å²) in [6, 6.07) is 10.4. The maximum atomic E-state index is 12.6. The van der Waals surface area contributed by atoms with Crippen molar-refractivity contribution in [3.05, 3.63) is 53.2 Å². The first-order chi connectivity index (χ1) is 12.1. The number of nitrogens with zero attached hydrogens (tertiary/aromatic N) is 3. The van der Waals surface area contributed by atoms with E-state index in [1.165, 1.54) is 10.5 Å². The molecular formula is C17H19ClN4O2S. The Morgan fingerprint density at radius 1 is 1.16 bits per heavy atom. The molecule has 132 valence electrons. The van der Waals surface area contributed by atoms with Gasteiger partial charge in [0.05, 0.1) is 6.21 Å². The number of benzene rings is 1. The molecule has 1 aliphatic heterocycles. The van der Waals surface area contributed by atoms with Crippen LogP contribution in [0.25, 0.3) is 0 Å². The maximum Gasteiger partial charge on any atom is 0.244 e. The molecule has 2 heterocycles. The molecule has 2 aromatic rings. The zero-order valence-corrected chi connectivity index (χ0v) is 15.2. The highest BCUT2D eigenvalue weighted by Crippen LogP contribution is 2.20. The third kappa shape index (κ3) is 4.56. The molecular weight excluding hydrogens is 360 g/mol. The molecule has 1 N–H and O–H groups in total. The molecule has 3 rings (SSSR count). The molecule has 1 aromatic heterocycles. The predicted octanol–water partition coefficient (Wildman–Crippen LogP) is 3.36. The fourth-order valence-corrected chi connectivity index (χ4v) is 4.27. The quantitative estimate of drug-likeness (QED) is 0.639. The van der Waals surface area contributed by atoms with Crippen LogP contribution in [0, 0.1) is 0 Å². The van der Waals surface area contributed by atoms with Crippen molar-refractivity contribution in [3.63, 3.8) is 0 Å². The van der Waals surface area contributed by atoms with Gasteiger partial charge in [-0.05, 0) is 42.7 Å². The standard InChI is InChI=1S/C17H19ClN4O2S/c18-15-6-4-5-14(11-15)12-20-21-17-8-7-16(13-19-17)25(23,24)22-9-2-1-3-10-22/h4-8,11-13H,1-3,9-10H2,(H,19,21)/b20-12+. The summed E-state index contributed by atoms with van der Waals surface area (Å²) in [6.07, 6.45) is 5.87. The summed E-state index contributed by atoms with van der Waals surface area (Å²) in [6.45, 7) is 1.15. The number of piperidine rings is 1. The molecule has 0 spiro atoms. The monoisotopic (exact) mass is 378 g/mol. The van der Waals surface area contributed by atoms with Crippen LogP contribution in [0.1, 0.15) is 24.8 Å². The number of pyridine rings is 1. The summed E-state index contributed by atoms with van der Waals surface area (Å²) in [5.41, 5.74) is 3.63. The van der Waals surface area contributed by atoms with Gasteiger partial charge >= 0.3 is 0 Å². The Hall–Kier alpha value is -1.96. The van der Waals surface area contributed by atoms with Crippen LogP contribution in [0.2, 0.25) is 5.02 Å². The van der Waals surface area contributed by atoms with E-state index >= 15 is 0 Å². The number of hydrogen-bond acceptors (Lipinski definition) is 5. The van der Waals surface area contributed by atoms with Gasteiger partial charge in [0.25, 0.3) is 0 Å². The van der Waals surface area contributed by atoms with Crippen molar-refractivity contribution in [1.29, 1.82) is 0 Å². The SMILES string of the molecule is O=S(=O)(c1ccc(N/N=C/c2cccc(Cl)c2)nc1)N1CCCCC1. The Morgan fingerprint density at radius 3 is 2.64 bits per heavy atom. The minimum Gasteiger partial charge on any atom is -0.261 e. The van der Waals surface area contributed by atoms with E-state index in [9.17, 15) is 8.42 Å². The number of rotatable bonds is 5. The number of sulfonamides is 1. The van der Waals surface area contributed by atoms with E-state index in [1.807, 2.05) is 12.1 Å². The molecule has 6 nitrogen and oxygen atoms in total. The molecule has 25 heavy (non-hydrogen) atoms. The molecule has 1 saturated heterocycles. The molecule has 0 saturated carbocycles. The average molecular weight is 379 g/mol. The van der Waals surface area contributed by atoms with E-state index in [4.69, 9.17) is 11.6 Å². The predicted molar refractivity (Wildman–Crippen MR) is 99.5 cm³/mol. The number of hydrazone groups is 1. The topological polar surface area (TPSA) is 74.7 Å².